The maximum atomic E-state index is 13.1. The third-order valence-electron chi connectivity index (χ3n) is 4.91. The number of halogens is 2. The van der Waals surface area contributed by atoms with Gasteiger partial charge in [-0.2, -0.15) is 0 Å². The normalized spacial score (nSPS) is 24.7. The average Bonchev–Trinajstić information content (AvgIpc) is 3.07. The first kappa shape index (κ1) is 15.6. The Labute approximate surface area is 148 Å². The lowest BCUT2D eigenvalue weighted by Gasteiger charge is -2.17. The van der Waals surface area contributed by atoms with Crippen LogP contribution in [0.2, 0.25) is 0 Å². The first-order chi connectivity index (χ1) is 11.5. The summed E-state index contributed by atoms with van der Waals surface area (Å²) in [6, 6.07) is 12.8. The maximum absolute atomic E-state index is 13.1. The molecule has 2 aliphatic rings. The van der Waals surface area contributed by atoms with Crippen molar-refractivity contribution in [2.75, 3.05) is 0 Å². The maximum Gasteiger partial charge on any atom is 0.261 e. The van der Waals surface area contributed by atoms with E-state index in [0.717, 1.165) is 6.42 Å². The zero-order valence-electron chi connectivity index (χ0n) is 13.1. The summed E-state index contributed by atoms with van der Waals surface area (Å²) in [6.45, 7) is 1.71. The van der Waals surface area contributed by atoms with Crippen LogP contribution in [-0.2, 0) is 11.2 Å². The summed E-state index contributed by atoms with van der Waals surface area (Å²) in [4.78, 5) is 12.4. The van der Waals surface area contributed by atoms with Crippen LogP contribution in [0.5, 0.6) is 5.75 Å². The van der Waals surface area contributed by atoms with Crippen molar-refractivity contribution in [3.05, 3.63) is 63.9 Å². The molecule has 0 saturated heterocycles. The van der Waals surface area contributed by atoms with E-state index in [1.54, 1.807) is 6.92 Å². The zero-order chi connectivity index (χ0) is 16.8. The molecule has 0 radical (unpaired) electrons. The van der Waals surface area contributed by atoms with Crippen molar-refractivity contribution >= 4 is 21.8 Å². The summed E-state index contributed by atoms with van der Waals surface area (Å²) in [5, 5.41) is 3.09. The van der Waals surface area contributed by atoms with E-state index in [2.05, 4.69) is 45.5 Å². The highest BCUT2D eigenvalue weighted by Gasteiger charge is 2.56. The SMILES string of the molecule is CC(Oc1ccc(F)cc1Br)C(=O)N[C@@H]1[C@H]2Cc3ccccc3[C@H]21. The number of rotatable bonds is 4. The van der Waals surface area contributed by atoms with Gasteiger partial charge in [0.05, 0.1) is 4.47 Å². The minimum absolute atomic E-state index is 0.136. The van der Waals surface area contributed by atoms with Gasteiger partial charge in [0, 0.05) is 12.0 Å². The Morgan fingerprint density at radius 2 is 2.12 bits per heavy atom. The molecule has 0 spiro atoms. The van der Waals surface area contributed by atoms with Crippen molar-refractivity contribution in [3.63, 3.8) is 0 Å². The molecular formula is C19H17BrFNO2. The Morgan fingerprint density at radius 3 is 2.92 bits per heavy atom. The molecule has 0 heterocycles. The number of hydrogen-bond donors (Lipinski definition) is 1. The molecule has 1 saturated carbocycles. The summed E-state index contributed by atoms with van der Waals surface area (Å²) in [5.74, 6) is 0.922. The molecule has 5 heteroatoms. The van der Waals surface area contributed by atoms with Crippen molar-refractivity contribution in [2.24, 2.45) is 5.92 Å². The fourth-order valence-corrected chi connectivity index (χ4v) is 4.09. The number of amides is 1. The highest BCUT2D eigenvalue weighted by atomic mass is 79.9. The van der Waals surface area contributed by atoms with Gasteiger partial charge in [-0.3, -0.25) is 4.79 Å². The first-order valence-electron chi connectivity index (χ1n) is 8.04. The molecule has 0 aliphatic heterocycles. The molecule has 1 unspecified atom stereocenters. The van der Waals surface area contributed by atoms with Gasteiger partial charge in [0.1, 0.15) is 11.6 Å². The van der Waals surface area contributed by atoms with Crippen LogP contribution in [0.3, 0.4) is 0 Å². The van der Waals surface area contributed by atoms with E-state index in [0.29, 0.717) is 22.1 Å². The van der Waals surface area contributed by atoms with Gasteiger partial charge in [-0.05, 0) is 64.5 Å². The highest BCUT2D eigenvalue weighted by molar-refractivity contribution is 9.10. The van der Waals surface area contributed by atoms with Gasteiger partial charge < -0.3 is 10.1 Å². The summed E-state index contributed by atoms with van der Waals surface area (Å²) < 4.78 is 19.3. The molecule has 1 N–H and O–H groups in total. The minimum Gasteiger partial charge on any atom is -0.480 e. The van der Waals surface area contributed by atoms with Crippen LogP contribution in [0.25, 0.3) is 0 Å². The fraction of sp³-hybridized carbons (Fsp3) is 0.316. The third kappa shape index (κ3) is 2.71. The van der Waals surface area contributed by atoms with Gasteiger partial charge in [0.25, 0.3) is 5.91 Å². The molecule has 2 aromatic carbocycles. The standard InChI is InChI=1S/C19H17BrFNO2/c1-10(24-16-7-6-12(21)9-15(16)20)19(23)22-18-14-8-11-4-2-3-5-13(11)17(14)18/h2-7,9-10,14,17-18H,8H2,1H3,(H,22,23)/t10?,14-,17+,18+/m0/s1. The molecule has 4 atom stereocenters. The number of carbonyl (C=O) groups excluding carboxylic acids is 1. The van der Waals surface area contributed by atoms with Crippen LogP contribution in [0.1, 0.15) is 24.0 Å². The van der Waals surface area contributed by atoms with Crippen LogP contribution >= 0.6 is 15.9 Å². The molecule has 1 amide bonds. The summed E-state index contributed by atoms with van der Waals surface area (Å²) in [7, 11) is 0. The predicted molar refractivity (Wildman–Crippen MR) is 92.5 cm³/mol. The van der Waals surface area contributed by atoms with Gasteiger partial charge in [0.15, 0.2) is 6.10 Å². The van der Waals surface area contributed by atoms with Crippen LogP contribution in [-0.4, -0.2) is 18.1 Å². The Kier molecular flexibility index (Phi) is 3.83. The zero-order valence-corrected chi connectivity index (χ0v) is 14.7. The molecular weight excluding hydrogens is 373 g/mol. The Morgan fingerprint density at radius 1 is 1.33 bits per heavy atom. The smallest absolute Gasteiger partial charge is 0.261 e. The van der Waals surface area contributed by atoms with Crippen molar-refractivity contribution in [3.8, 4) is 5.75 Å². The summed E-state index contributed by atoms with van der Waals surface area (Å²) in [6.07, 6.45) is 0.396. The number of nitrogens with one attached hydrogen (secondary N) is 1. The van der Waals surface area contributed by atoms with Crippen molar-refractivity contribution in [2.45, 2.75) is 31.4 Å². The number of carbonyl (C=O) groups is 1. The van der Waals surface area contributed by atoms with E-state index >= 15 is 0 Å². The van der Waals surface area contributed by atoms with E-state index < -0.39 is 6.10 Å². The topological polar surface area (TPSA) is 38.3 Å². The monoisotopic (exact) mass is 389 g/mol. The lowest BCUT2D eigenvalue weighted by molar-refractivity contribution is -0.127. The minimum atomic E-state index is -0.636. The first-order valence-corrected chi connectivity index (χ1v) is 8.84. The summed E-state index contributed by atoms with van der Waals surface area (Å²) in [5.41, 5.74) is 2.76. The van der Waals surface area contributed by atoms with E-state index in [1.807, 2.05) is 0 Å². The molecule has 3 nitrogen and oxygen atoms in total. The number of hydrogen-bond acceptors (Lipinski definition) is 2. The molecule has 24 heavy (non-hydrogen) atoms. The lowest BCUT2D eigenvalue weighted by atomic mass is 10.1. The number of ether oxygens (including phenoxy) is 1. The average molecular weight is 390 g/mol. The largest absolute Gasteiger partial charge is 0.480 e. The Bertz CT molecular complexity index is 810. The van der Waals surface area contributed by atoms with Crippen LogP contribution < -0.4 is 10.1 Å². The second-order valence-electron chi connectivity index (χ2n) is 6.46. The highest BCUT2D eigenvalue weighted by Crippen LogP contribution is 2.56. The molecule has 4 rings (SSSR count). The van der Waals surface area contributed by atoms with Gasteiger partial charge in [-0.1, -0.05) is 24.3 Å². The molecule has 2 aromatic rings. The number of benzene rings is 2. The lowest BCUT2D eigenvalue weighted by Crippen LogP contribution is -2.39. The Balaban J connectivity index is 1.38. The van der Waals surface area contributed by atoms with Crippen LogP contribution in [0.15, 0.2) is 46.9 Å². The fourth-order valence-electron chi connectivity index (χ4n) is 3.64. The van der Waals surface area contributed by atoms with Gasteiger partial charge in [0.2, 0.25) is 0 Å². The van der Waals surface area contributed by atoms with Gasteiger partial charge in [-0.15, -0.1) is 0 Å². The van der Waals surface area contributed by atoms with Crippen LogP contribution in [0.4, 0.5) is 4.39 Å². The Hall–Kier alpha value is -1.88. The van der Waals surface area contributed by atoms with E-state index in [4.69, 9.17) is 4.74 Å². The van der Waals surface area contributed by atoms with Crippen molar-refractivity contribution in [1.82, 2.24) is 5.32 Å². The second-order valence-corrected chi connectivity index (χ2v) is 7.32. The molecule has 2 aliphatic carbocycles. The summed E-state index contributed by atoms with van der Waals surface area (Å²) >= 11 is 3.25. The molecule has 1 fully saturated rings. The van der Waals surface area contributed by atoms with Crippen molar-refractivity contribution < 1.29 is 13.9 Å². The second kappa shape index (κ2) is 5.88. The van der Waals surface area contributed by atoms with Gasteiger partial charge in [-0.25, -0.2) is 4.39 Å². The predicted octanol–water partition coefficient (Wildman–Crippen LogP) is 3.81. The van der Waals surface area contributed by atoms with Gasteiger partial charge >= 0.3 is 0 Å². The van der Waals surface area contributed by atoms with E-state index in [-0.39, 0.29) is 17.8 Å². The van der Waals surface area contributed by atoms with E-state index in [9.17, 15) is 9.18 Å². The molecule has 0 bridgehead atoms. The molecule has 0 aromatic heterocycles. The number of fused-ring (bicyclic) bond motifs is 3. The quantitative estimate of drug-likeness (QED) is 0.863. The molecule has 124 valence electrons. The van der Waals surface area contributed by atoms with E-state index in [1.165, 1.54) is 29.3 Å². The van der Waals surface area contributed by atoms with Crippen LogP contribution in [0, 0.1) is 11.7 Å². The van der Waals surface area contributed by atoms with Crippen molar-refractivity contribution in [1.29, 1.82) is 0 Å². The third-order valence-corrected chi connectivity index (χ3v) is 5.53.